The van der Waals surface area contributed by atoms with Crippen molar-refractivity contribution in [2.75, 3.05) is 25.8 Å². The summed E-state index contributed by atoms with van der Waals surface area (Å²) < 4.78 is 17.8. The minimum Gasteiger partial charge on any atom is -0.493 e. The van der Waals surface area contributed by atoms with Crippen molar-refractivity contribution in [2.45, 2.75) is 18.8 Å². The quantitative estimate of drug-likeness (QED) is 0.264. The highest BCUT2D eigenvalue weighted by atomic mass is 16.5. The molecule has 2 heterocycles. The molecule has 5 heteroatoms. The maximum atomic E-state index is 6.64. The number of benzene rings is 4. The molecule has 0 aliphatic carbocycles. The highest BCUT2D eigenvalue weighted by molar-refractivity contribution is 5.94. The Hall–Kier alpha value is -4.51. The number of fused-ring (bicyclic) bond motifs is 2. The third kappa shape index (κ3) is 4.41. The van der Waals surface area contributed by atoms with Gasteiger partial charge in [0.05, 0.1) is 26.1 Å². The van der Waals surface area contributed by atoms with Crippen LogP contribution in [-0.2, 0) is 6.42 Å². The first-order valence-electron chi connectivity index (χ1n) is 12.9. The van der Waals surface area contributed by atoms with E-state index in [-0.39, 0.29) is 5.92 Å². The van der Waals surface area contributed by atoms with Crippen LogP contribution in [0.25, 0.3) is 5.76 Å². The van der Waals surface area contributed by atoms with Crippen LogP contribution in [-0.4, -0.2) is 27.0 Å². The van der Waals surface area contributed by atoms with Crippen LogP contribution < -0.4 is 19.2 Å². The van der Waals surface area contributed by atoms with Gasteiger partial charge >= 0.3 is 0 Å². The largest absolute Gasteiger partial charge is 0.493 e. The molecular formula is C33H30N2O3. The number of methoxy groups -OCH3 is 2. The predicted octanol–water partition coefficient (Wildman–Crippen LogP) is 7.08. The standard InChI is InChI=1S/C33H30N2O3/c1-36-30-19-18-25(21-31(30)37-2)33-27(22-34-35-20-10-14-23-11-6-8-16-28(23)35)32(24-12-4-3-5-13-24)26-15-7-9-17-29(26)38-33/h3-9,11-13,15-19,21-22,32H,10,14,20H2,1-2H3. The van der Waals surface area contributed by atoms with Crippen molar-refractivity contribution >= 4 is 17.7 Å². The topological polar surface area (TPSA) is 43.3 Å². The molecule has 0 radical (unpaired) electrons. The highest BCUT2D eigenvalue weighted by Gasteiger charge is 2.31. The van der Waals surface area contributed by atoms with Crippen LogP contribution in [0.3, 0.4) is 0 Å². The molecule has 1 atom stereocenters. The van der Waals surface area contributed by atoms with Crippen molar-refractivity contribution < 1.29 is 14.2 Å². The number of anilines is 1. The van der Waals surface area contributed by atoms with Crippen molar-refractivity contribution in [3.63, 3.8) is 0 Å². The summed E-state index contributed by atoms with van der Waals surface area (Å²) >= 11 is 0. The third-order valence-electron chi connectivity index (χ3n) is 7.22. The molecular weight excluding hydrogens is 472 g/mol. The van der Waals surface area contributed by atoms with Crippen LogP contribution >= 0.6 is 0 Å². The Kier molecular flexibility index (Phi) is 6.57. The molecule has 0 amide bonds. The van der Waals surface area contributed by atoms with Gasteiger partial charge in [0.15, 0.2) is 11.5 Å². The van der Waals surface area contributed by atoms with Crippen molar-refractivity contribution in [3.8, 4) is 17.2 Å². The molecule has 6 rings (SSSR count). The second kappa shape index (κ2) is 10.5. The molecule has 0 spiro atoms. The predicted molar refractivity (Wildman–Crippen MR) is 152 cm³/mol. The fourth-order valence-electron chi connectivity index (χ4n) is 5.39. The lowest BCUT2D eigenvalue weighted by molar-refractivity contribution is 0.354. The minimum absolute atomic E-state index is 0.0481. The zero-order valence-electron chi connectivity index (χ0n) is 21.6. The van der Waals surface area contributed by atoms with Crippen LogP contribution in [0.4, 0.5) is 5.69 Å². The Bertz CT molecular complexity index is 1510. The fourth-order valence-corrected chi connectivity index (χ4v) is 5.39. The van der Waals surface area contributed by atoms with E-state index in [0.717, 1.165) is 53.3 Å². The van der Waals surface area contributed by atoms with Gasteiger partial charge in [0.1, 0.15) is 11.5 Å². The van der Waals surface area contributed by atoms with Crippen LogP contribution in [0.1, 0.15) is 34.6 Å². The maximum absolute atomic E-state index is 6.64. The normalized spacial score (nSPS) is 16.6. The number of para-hydroxylation sites is 2. The summed E-state index contributed by atoms with van der Waals surface area (Å²) in [6.45, 7) is 0.875. The second-order valence-electron chi connectivity index (χ2n) is 9.44. The number of aryl methyl sites for hydroxylation is 1. The number of hydrogen-bond acceptors (Lipinski definition) is 5. The number of hydrogen-bond donors (Lipinski definition) is 0. The number of allylic oxidation sites excluding steroid dienone is 1. The lowest BCUT2D eigenvalue weighted by Crippen LogP contribution is -2.25. The van der Waals surface area contributed by atoms with Gasteiger partial charge in [-0.3, -0.25) is 5.01 Å². The van der Waals surface area contributed by atoms with E-state index in [1.165, 1.54) is 11.1 Å². The first-order chi connectivity index (χ1) is 18.8. The summed E-state index contributed by atoms with van der Waals surface area (Å²) in [5, 5.41) is 7.18. The van der Waals surface area contributed by atoms with E-state index < -0.39 is 0 Å². The summed E-state index contributed by atoms with van der Waals surface area (Å²) in [5.41, 5.74) is 6.68. The van der Waals surface area contributed by atoms with Gasteiger partial charge in [-0.1, -0.05) is 66.7 Å². The van der Waals surface area contributed by atoms with Gasteiger partial charge in [-0.05, 0) is 54.3 Å². The van der Waals surface area contributed by atoms with E-state index >= 15 is 0 Å². The smallest absolute Gasteiger partial charge is 0.161 e. The monoisotopic (exact) mass is 502 g/mol. The van der Waals surface area contributed by atoms with Gasteiger partial charge in [0.25, 0.3) is 0 Å². The molecule has 0 saturated carbocycles. The zero-order valence-corrected chi connectivity index (χ0v) is 21.6. The average Bonchev–Trinajstić information content (AvgIpc) is 2.99. The number of ether oxygens (including phenoxy) is 3. The molecule has 0 N–H and O–H groups in total. The molecule has 5 nitrogen and oxygen atoms in total. The first kappa shape index (κ1) is 23.9. The van der Waals surface area contributed by atoms with Gasteiger partial charge in [0, 0.05) is 29.2 Å². The number of nitrogens with zero attached hydrogens (tertiary/aromatic N) is 2. The van der Waals surface area contributed by atoms with E-state index in [9.17, 15) is 0 Å². The SMILES string of the molecule is COc1ccc(C2=C(C=NN3CCCc4ccccc43)C(c3ccccc3)c3ccccc3O2)cc1OC. The van der Waals surface area contributed by atoms with Crippen LogP contribution in [0, 0.1) is 0 Å². The lowest BCUT2D eigenvalue weighted by Gasteiger charge is -2.31. The molecule has 190 valence electrons. The molecule has 0 bridgehead atoms. The molecule has 0 saturated heterocycles. The van der Waals surface area contributed by atoms with Crippen molar-refractivity contribution in [2.24, 2.45) is 5.10 Å². The van der Waals surface area contributed by atoms with Crippen LogP contribution in [0.5, 0.6) is 17.2 Å². The Balaban J connectivity index is 1.54. The maximum Gasteiger partial charge on any atom is 0.161 e. The molecule has 4 aromatic carbocycles. The summed E-state index contributed by atoms with van der Waals surface area (Å²) in [4.78, 5) is 0. The first-order valence-corrected chi connectivity index (χ1v) is 12.9. The Morgan fingerprint density at radius 2 is 1.61 bits per heavy atom. The number of rotatable bonds is 6. The van der Waals surface area contributed by atoms with Crippen LogP contribution in [0.15, 0.2) is 108 Å². The molecule has 38 heavy (non-hydrogen) atoms. The Labute approximate surface area is 223 Å². The minimum atomic E-state index is -0.0481. The van der Waals surface area contributed by atoms with Crippen LogP contribution in [0.2, 0.25) is 0 Å². The van der Waals surface area contributed by atoms with E-state index in [1.807, 2.05) is 42.6 Å². The van der Waals surface area contributed by atoms with Crippen molar-refractivity contribution in [1.82, 2.24) is 0 Å². The molecule has 1 unspecified atom stereocenters. The van der Waals surface area contributed by atoms with E-state index in [2.05, 4.69) is 65.7 Å². The van der Waals surface area contributed by atoms with Gasteiger partial charge in [0.2, 0.25) is 0 Å². The number of hydrazone groups is 1. The van der Waals surface area contributed by atoms with Gasteiger partial charge in [-0.25, -0.2) is 0 Å². The van der Waals surface area contributed by atoms with Crippen molar-refractivity contribution in [1.29, 1.82) is 0 Å². The van der Waals surface area contributed by atoms with Crippen molar-refractivity contribution in [3.05, 3.63) is 125 Å². The Morgan fingerprint density at radius 3 is 2.45 bits per heavy atom. The summed E-state index contributed by atoms with van der Waals surface area (Å²) in [6, 6.07) is 33.2. The fraction of sp³-hybridized carbons (Fsp3) is 0.182. The van der Waals surface area contributed by atoms with E-state index in [0.29, 0.717) is 11.5 Å². The molecule has 4 aromatic rings. The molecule has 0 fully saturated rings. The van der Waals surface area contributed by atoms with Gasteiger partial charge in [-0.2, -0.15) is 5.10 Å². The van der Waals surface area contributed by atoms with E-state index in [1.54, 1.807) is 14.2 Å². The van der Waals surface area contributed by atoms with Gasteiger partial charge < -0.3 is 14.2 Å². The summed E-state index contributed by atoms with van der Waals surface area (Å²) in [6.07, 6.45) is 4.13. The average molecular weight is 503 g/mol. The second-order valence-corrected chi connectivity index (χ2v) is 9.44. The molecule has 2 aliphatic heterocycles. The molecule has 2 aliphatic rings. The highest BCUT2D eigenvalue weighted by Crippen LogP contribution is 2.46. The summed E-state index contributed by atoms with van der Waals surface area (Å²) in [5.74, 6) is 2.87. The Morgan fingerprint density at radius 1 is 0.842 bits per heavy atom. The third-order valence-corrected chi connectivity index (χ3v) is 7.22. The zero-order chi connectivity index (χ0) is 25.9. The summed E-state index contributed by atoms with van der Waals surface area (Å²) in [7, 11) is 3.29. The lowest BCUT2D eigenvalue weighted by atomic mass is 9.81. The molecule has 0 aromatic heterocycles. The van der Waals surface area contributed by atoms with Gasteiger partial charge in [-0.15, -0.1) is 0 Å². The van der Waals surface area contributed by atoms with E-state index in [4.69, 9.17) is 19.3 Å².